The Morgan fingerprint density at radius 3 is 2.37 bits per heavy atom. The highest BCUT2D eigenvalue weighted by molar-refractivity contribution is 7.11. The number of rotatable bonds is 5. The number of carbonyl (C=O) groups is 2. The van der Waals surface area contributed by atoms with E-state index in [2.05, 4.69) is 31.1 Å². The first-order chi connectivity index (χ1) is 14.3. The fourth-order valence-corrected chi connectivity index (χ4v) is 4.13. The summed E-state index contributed by atoms with van der Waals surface area (Å²) in [5.41, 5.74) is 3.55. The van der Waals surface area contributed by atoms with Crippen molar-refractivity contribution in [3.8, 4) is 0 Å². The Morgan fingerprint density at radius 2 is 1.77 bits per heavy atom. The molecular formula is C24H23N3O2S. The molecule has 6 heteroatoms. The van der Waals surface area contributed by atoms with Crippen molar-refractivity contribution >= 4 is 34.4 Å². The summed E-state index contributed by atoms with van der Waals surface area (Å²) in [6, 6.07) is 15.4. The summed E-state index contributed by atoms with van der Waals surface area (Å²) in [6.07, 6.45) is 3.34. The summed E-state index contributed by atoms with van der Waals surface area (Å²) < 4.78 is 0. The third kappa shape index (κ3) is 3.91. The topological polar surface area (TPSA) is 62.3 Å². The van der Waals surface area contributed by atoms with Gasteiger partial charge in [0.1, 0.15) is 5.70 Å². The lowest BCUT2D eigenvalue weighted by Gasteiger charge is -2.19. The van der Waals surface area contributed by atoms with Crippen molar-refractivity contribution < 1.29 is 9.59 Å². The van der Waals surface area contributed by atoms with Gasteiger partial charge in [-0.2, -0.15) is 0 Å². The maximum absolute atomic E-state index is 13.2. The number of hydrogen-bond donors (Lipinski definition) is 1. The first kappa shape index (κ1) is 20.0. The molecule has 3 aromatic rings. The molecule has 30 heavy (non-hydrogen) atoms. The summed E-state index contributed by atoms with van der Waals surface area (Å²) in [4.78, 5) is 32.6. The SMILES string of the molecule is CC(C)(C)c1ccc(NC2=C(c3cccs3)C(=O)N(Cc3cccnc3)C2=O)cc1. The van der Waals surface area contributed by atoms with Gasteiger partial charge in [0.2, 0.25) is 0 Å². The Morgan fingerprint density at radius 1 is 1.00 bits per heavy atom. The van der Waals surface area contributed by atoms with E-state index in [9.17, 15) is 9.59 Å². The number of hydrogen-bond acceptors (Lipinski definition) is 5. The van der Waals surface area contributed by atoms with Gasteiger partial charge in [0.15, 0.2) is 0 Å². The highest BCUT2D eigenvalue weighted by atomic mass is 32.1. The Labute approximate surface area is 180 Å². The molecule has 3 heterocycles. The number of nitrogens with one attached hydrogen (secondary N) is 1. The number of pyridine rings is 1. The summed E-state index contributed by atoms with van der Waals surface area (Å²) in [6.45, 7) is 6.65. The van der Waals surface area contributed by atoms with E-state index in [1.165, 1.54) is 21.8 Å². The van der Waals surface area contributed by atoms with E-state index in [0.717, 1.165) is 16.1 Å². The van der Waals surface area contributed by atoms with Crippen LogP contribution in [0.25, 0.3) is 5.57 Å². The van der Waals surface area contributed by atoms with Crippen LogP contribution >= 0.6 is 11.3 Å². The van der Waals surface area contributed by atoms with Crippen LogP contribution in [-0.2, 0) is 21.5 Å². The van der Waals surface area contributed by atoms with Crippen LogP contribution in [0.5, 0.6) is 0 Å². The summed E-state index contributed by atoms with van der Waals surface area (Å²) >= 11 is 1.44. The van der Waals surface area contributed by atoms with Gasteiger partial charge in [0, 0.05) is 23.0 Å². The number of aromatic nitrogens is 1. The van der Waals surface area contributed by atoms with Gasteiger partial charge >= 0.3 is 0 Å². The lowest BCUT2D eigenvalue weighted by atomic mass is 9.87. The molecule has 1 aliphatic rings. The van der Waals surface area contributed by atoms with Crippen molar-refractivity contribution in [2.24, 2.45) is 0 Å². The molecule has 2 amide bonds. The zero-order valence-electron chi connectivity index (χ0n) is 17.2. The van der Waals surface area contributed by atoms with E-state index in [0.29, 0.717) is 11.3 Å². The average molecular weight is 418 g/mol. The lowest BCUT2D eigenvalue weighted by molar-refractivity contribution is -0.137. The molecule has 0 saturated carbocycles. The van der Waals surface area contributed by atoms with E-state index >= 15 is 0 Å². The van der Waals surface area contributed by atoms with E-state index in [1.807, 2.05) is 47.8 Å². The van der Waals surface area contributed by atoms with Crippen molar-refractivity contribution in [3.63, 3.8) is 0 Å². The van der Waals surface area contributed by atoms with Crippen LogP contribution in [0.1, 0.15) is 36.8 Å². The molecule has 0 fully saturated rings. The molecular weight excluding hydrogens is 394 g/mol. The molecule has 1 N–H and O–H groups in total. The second kappa shape index (κ2) is 7.88. The second-order valence-corrected chi connectivity index (χ2v) is 9.19. The zero-order chi connectivity index (χ0) is 21.3. The number of nitrogens with zero attached hydrogens (tertiary/aromatic N) is 2. The van der Waals surface area contributed by atoms with Crippen molar-refractivity contribution in [1.29, 1.82) is 0 Å². The van der Waals surface area contributed by atoms with Gasteiger partial charge in [-0.1, -0.05) is 45.0 Å². The number of benzene rings is 1. The van der Waals surface area contributed by atoms with Crippen LogP contribution in [0.3, 0.4) is 0 Å². The number of carbonyl (C=O) groups excluding carboxylic acids is 2. The Balaban J connectivity index is 1.67. The summed E-state index contributed by atoms with van der Waals surface area (Å²) in [7, 11) is 0. The predicted molar refractivity (Wildman–Crippen MR) is 120 cm³/mol. The van der Waals surface area contributed by atoms with Crippen molar-refractivity contribution in [1.82, 2.24) is 9.88 Å². The number of anilines is 1. The maximum Gasteiger partial charge on any atom is 0.278 e. The molecule has 1 aromatic carbocycles. The van der Waals surface area contributed by atoms with E-state index in [1.54, 1.807) is 18.5 Å². The molecule has 2 aromatic heterocycles. The monoisotopic (exact) mass is 417 g/mol. The van der Waals surface area contributed by atoms with Crippen LogP contribution < -0.4 is 5.32 Å². The minimum atomic E-state index is -0.327. The van der Waals surface area contributed by atoms with Crippen molar-refractivity contribution in [2.75, 3.05) is 5.32 Å². The fraction of sp³-hybridized carbons (Fsp3) is 0.208. The Hall–Kier alpha value is -3.25. The van der Waals surface area contributed by atoms with Gasteiger partial charge < -0.3 is 5.32 Å². The Bertz CT molecular complexity index is 1100. The van der Waals surface area contributed by atoms with Crippen LogP contribution in [0.4, 0.5) is 5.69 Å². The standard InChI is InChI=1S/C24H23N3O2S/c1-24(2,3)17-8-10-18(11-9-17)26-21-20(19-7-5-13-30-19)22(28)27(23(21)29)15-16-6-4-12-25-14-16/h4-14,26H,15H2,1-3H3. The van der Waals surface area contributed by atoms with Crippen LogP contribution in [0, 0.1) is 0 Å². The molecule has 0 atom stereocenters. The maximum atomic E-state index is 13.2. The Kier molecular flexibility index (Phi) is 5.26. The largest absolute Gasteiger partial charge is 0.350 e. The van der Waals surface area contributed by atoms with Gasteiger partial charge in [-0.15, -0.1) is 11.3 Å². The van der Waals surface area contributed by atoms with Crippen LogP contribution in [-0.4, -0.2) is 21.7 Å². The molecule has 0 aliphatic carbocycles. The van der Waals surface area contributed by atoms with Crippen LogP contribution in [0.2, 0.25) is 0 Å². The highest BCUT2D eigenvalue weighted by Gasteiger charge is 2.39. The number of imide groups is 1. The summed E-state index contributed by atoms with van der Waals surface area (Å²) in [5.74, 6) is -0.618. The lowest BCUT2D eigenvalue weighted by Crippen LogP contribution is -2.32. The third-order valence-corrected chi connectivity index (χ3v) is 5.91. The van der Waals surface area contributed by atoms with Gasteiger partial charge in [-0.05, 0) is 46.2 Å². The average Bonchev–Trinajstić information content (AvgIpc) is 3.32. The normalized spacial score (nSPS) is 14.6. The second-order valence-electron chi connectivity index (χ2n) is 8.24. The molecule has 0 radical (unpaired) electrons. The van der Waals surface area contributed by atoms with Gasteiger partial charge in [0.05, 0.1) is 12.1 Å². The van der Waals surface area contributed by atoms with E-state index in [-0.39, 0.29) is 23.8 Å². The molecule has 4 rings (SSSR count). The number of amides is 2. The molecule has 0 saturated heterocycles. The first-order valence-corrected chi connectivity index (χ1v) is 10.6. The minimum Gasteiger partial charge on any atom is -0.350 e. The van der Waals surface area contributed by atoms with Gasteiger partial charge in [-0.3, -0.25) is 19.5 Å². The molecule has 0 bridgehead atoms. The zero-order valence-corrected chi connectivity index (χ0v) is 18.0. The third-order valence-electron chi connectivity index (χ3n) is 5.02. The molecule has 152 valence electrons. The summed E-state index contributed by atoms with van der Waals surface area (Å²) in [5, 5.41) is 5.11. The molecule has 1 aliphatic heterocycles. The van der Waals surface area contributed by atoms with Crippen LogP contribution in [0.15, 0.2) is 72.0 Å². The number of thiophene rings is 1. The molecule has 5 nitrogen and oxygen atoms in total. The van der Waals surface area contributed by atoms with Crippen molar-refractivity contribution in [3.05, 3.63) is 88.0 Å². The smallest absolute Gasteiger partial charge is 0.278 e. The van der Waals surface area contributed by atoms with Gasteiger partial charge in [0.25, 0.3) is 11.8 Å². The van der Waals surface area contributed by atoms with Crippen molar-refractivity contribution in [2.45, 2.75) is 32.7 Å². The quantitative estimate of drug-likeness (QED) is 0.604. The fourth-order valence-electron chi connectivity index (χ4n) is 3.36. The molecule has 0 spiro atoms. The predicted octanol–water partition coefficient (Wildman–Crippen LogP) is 4.83. The van der Waals surface area contributed by atoms with E-state index in [4.69, 9.17) is 0 Å². The minimum absolute atomic E-state index is 0.0413. The van der Waals surface area contributed by atoms with Gasteiger partial charge in [-0.25, -0.2) is 0 Å². The highest BCUT2D eigenvalue weighted by Crippen LogP contribution is 2.34. The van der Waals surface area contributed by atoms with E-state index < -0.39 is 0 Å². The molecule has 0 unspecified atom stereocenters. The first-order valence-electron chi connectivity index (χ1n) is 9.75.